The molecule has 1 saturated heterocycles. The quantitative estimate of drug-likeness (QED) is 0.619. The number of hydrogen-bond donors (Lipinski definition) is 1. The summed E-state index contributed by atoms with van der Waals surface area (Å²) in [4.78, 5) is 12.9. The van der Waals surface area contributed by atoms with E-state index >= 15 is 0 Å². The highest BCUT2D eigenvalue weighted by Crippen LogP contribution is 2.32. The summed E-state index contributed by atoms with van der Waals surface area (Å²) in [7, 11) is -3.72. The van der Waals surface area contributed by atoms with Gasteiger partial charge in [-0.2, -0.15) is 4.31 Å². The zero-order valence-corrected chi connectivity index (χ0v) is 20.1. The van der Waals surface area contributed by atoms with Crippen LogP contribution in [0.1, 0.15) is 24.3 Å². The smallest absolute Gasteiger partial charge is 0.249 e. The van der Waals surface area contributed by atoms with Gasteiger partial charge in [-0.25, -0.2) is 21.1 Å². The standard InChI is InChI=1S/C19H26N4O7S2/c1-12-18(13(2)30-21-12)32(27,28)23-10-6-7-15(23)19(24)20-14-8-9-16(29-5)17(11-14)31(25,26)22(3)4/h8-9,11,15H,6-7,10H2,1-5H3,(H,20,24)/t15-/m0/s1. The van der Waals surface area contributed by atoms with E-state index in [4.69, 9.17) is 9.26 Å². The molecule has 11 nitrogen and oxygen atoms in total. The Kier molecular flexibility index (Phi) is 6.65. The van der Waals surface area contributed by atoms with Gasteiger partial charge in [-0.15, -0.1) is 0 Å². The number of benzene rings is 1. The number of methoxy groups -OCH3 is 1. The van der Waals surface area contributed by atoms with Crippen LogP contribution in [0.15, 0.2) is 32.5 Å². The molecule has 0 radical (unpaired) electrons. The predicted octanol–water partition coefficient (Wildman–Crippen LogP) is 1.34. The third-order valence-corrected chi connectivity index (χ3v) is 9.22. The maximum Gasteiger partial charge on any atom is 0.249 e. The Labute approximate surface area is 187 Å². The molecule has 0 bridgehead atoms. The number of carbonyl (C=O) groups is 1. The van der Waals surface area contributed by atoms with Crippen LogP contribution in [-0.2, 0) is 24.8 Å². The summed E-state index contributed by atoms with van der Waals surface area (Å²) in [5.74, 6) is -0.279. The van der Waals surface area contributed by atoms with Crippen LogP contribution < -0.4 is 10.1 Å². The van der Waals surface area contributed by atoms with E-state index in [0.29, 0.717) is 12.8 Å². The van der Waals surface area contributed by atoms with Gasteiger partial charge >= 0.3 is 0 Å². The number of sulfonamides is 2. The van der Waals surface area contributed by atoms with E-state index in [-0.39, 0.29) is 39.2 Å². The average molecular weight is 487 g/mol. The van der Waals surface area contributed by atoms with Gasteiger partial charge in [0.2, 0.25) is 26.0 Å². The van der Waals surface area contributed by atoms with E-state index < -0.39 is 32.0 Å². The van der Waals surface area contributed by atoms with Crippen molar-refractivity contribution in [1.29, 1.82) is 0 Å². The molecule has 32 heavy (non-hydrogen) atoms. The lowest BCUT2D eigenvalue weighted by Gasteiger charge is -2.23. The molecule has 1 aromatic carbocycles. The SMILES string of the molecule is COc1ccc(NC(=O)[C@@H]2CCCN2S(=O)(=O)c2c(C)noc2C)cc1S(=O)(=O)N(C)C. The van der Waals surface area contributed by atoms with Crippen molar-refractivity contribution < 1.29 is 30.9 Å². The van der Waals surface area contributed by atoms with Crippen molar-refractivity contribution in [2.45, 2.75) is 42.5 Å². The predicted molar refractivity (Wildman–Crippen MR) is 115 cm³/mol. The van der Waals surface area contributed by atoms with Crippen molar-refractivity contribution in [2.75, 3.05) is 33.1 Å². The van der Waals surface area contributed by atoms with Crippen molar-refractivity contribution in [1.82, 2.24) is 13.8 Å². The summed E-state index contributed by atoms with van der Waals surface area (Å²) in [5, 5.41) is 6.34. The number of ether oxygens (including phenoxy) is 1. The summed E-state index contributed by atoms with van der Waals surface area (Å²) in [5.41, 5.74) is 0.431. The molecule has 1 aliphatic rings. The summed E-state index contributed by atoms with van der Waals surface area (Å²) in [6, 6.07) is 3.26. The molecule has 1 fully saturated rings. The van der Waals surface area contributed by atoms with E-state index in [1.54, 1.807) is 0 Å². The van der Waals surface area contributed by atoms with E-state index in [9.17, 15) is 21.6 Å². The first-order valence-corrected chi connectivity index (χ1v) is 12.7. The molecule has 1 aliphatic heterocycles. The number of aryl methyl sites for hydroxylation is 2. The van der Waals surface area contributed by atoms with Gasteiger partial charge in [0.1, 0.15) is 27.3 Å². The second kappa shape index (κ2) is 8.81. The number of carbonyl (C=O) groups excluding carboxylic acids is 1. The Bertz CT molecular complexity index is 1220. The van der Waals surface area contributed by atoms with Crippen LogP contribution in [0, 0.1) is 13.8 Å². The first-order chi connectivity index (χ1) is 14.9. The molecular weight excluding hydrogens is 460 g/mol. The molecule has 1 aromatic heterocycles. The molecule has 0 unspecified atom stereocenters. The maximum absolute atomic E-state index is 13.2. The first-order valence-electron chi connectivity index (χ1n) is 9.77. The molecule has 1 atom stereocenters. The van der Waals surface area contributed by atoms with Gasteiger partial charge in [-0.1, -0.05) is 5.16 Å². The minimum absolute atomic E-state index is 0.0407. The highest BCUT2D eigenvalue weighted by atomic mass is 32.2. The number of amides is 1. The van der Waals surface area contributed by atoms with Gasteiger partial charge in [0, 0.05) is 26.3 Å². The molecule has 1 N–H and O–H groups in total. The molecule has 0 aliphatic carbocycles. The van der Waals surface area contributed by atoms with Gasteiger partial charge in [-0.3, -0.25) is 4.79 Å². The average Bonchev–Trinajstić information content (AvgIpc) is 3.35. The summed E-state index contributed by atoms with van der Waals surface area (Å²) < 4.78 is 63.9. The fourth-order valence-corrected chi connectivity index (χ4v) is 6.65. The molecule has 0 saturated carbocycles. The van der Waals surface area contributed by atoms with E-state index in [2.05, 4.69) is 10.5 Å². The molecular formula is C19H26N4O7S2. The summed E-state index contributed by atoms with van der Waals surface area (Å²) in [6.45, 7) is 3.20. The largest absolute Gasteiger partial charge is 0.495 e. The van der Waals surface area contributed by atoms with Gasteiger partial charge < -0.3 is 14.6 Å². The monoisotopic (exact) mass is 486 g/mol. The Morgan fingerprint density at radius 3 is 2.50 bits per heavy atom. The maximum atomic E-state index is 13.2. The lowest BCUT2D eigenvalue weighted by Crippen LogP contribution is -2.43. The van der Waals surface area contributed by atoms with E-state index in [1.807, 2.05) is 0 Å². The summed E-state index contributed by atoms with van der Waals surface area (Å²) in [6.07, 6.45) is 0.830. The van der Waals surface area contributed by atoms with Gasteiger partial charge in [0.15, 0.2) is 5.76 Å². The van der Waals surface area contributed by atoms with Gasteiger partial charge in [0.25, 0.3) is 0 Å². The number of anilines is 1. The van der Waals surface area contributed by atoms with Crippen molar-refractivity contribution in [3.05, 3.63) is 29.7 Å². The van der Waals surface area contributed by atoms with Crippen LogP contribution >= 0.6 is 0 Å². The van der Waals surface area contributed by atoms with Gasteiger partial charge in [-0.05, 0) is 44.9 Å². The summed E-state index contributed by atoms with van der Waals surface area (Å²) >= 11 is 0. The number of nitrogens with one attached hydrogen (secondary N) is 1. The molecule has 2 aromatic rings. The van der Waals surface area contributed by atoms with Crippen LogP contribution in [0.4, 0.5) is 5.69 Å². The number of rotatable bonds is 7. The Balaban J connectivity index is 1.90. The number of aromatic nitrogens is 1. The Hall–Kier alpha value is -2.48. The normalized spacial score (nSPS) is 17.6. The zero-order chi connectivity index (χ0) is 23.8. The van der Waals surface area contributed by atoms with Crippen LogP contribution in [0.25, 0.3) is 0 Å². The van der Waals surface area contributed by atoms with Gasteiger partial charge in [0.05, 0.1) is 7.11 Å². The third-order valence-electron chi connectivity index (χ3n) is 5.23. The third kappa shape index (κ3) is 4.25. The van der Waals surface area contributed by atoms with Crippen LogP contribution in [0.5, 0.6) is 5.75 Å². The van der Waals surface area contributed by atoms with E-state index in [1.165, 1.54) is 53.3 Å². The molecule has 176 valence electrons. The second-order valence-electron chi connectivity index (χ2n) is 7.57. The first kappa shape index (κ1) is 24.2. The highest BCUT2D eigenvalue weighted by molar-refractivity contribution is 7.89. The minimum atomic E-state index is -4.00. The van der Waals surface area contributed by atoms with Crippen molar-refractivity contribution >= 4 is 31.6 Å². The molecule has 13 heteroatoms. The number of nitrogens with zero attached hydrogens (tertiary/aromatic N) is 3. The number of hydrogen-bond acceptors (Lipinski definition) is 8. The lowest BCUT2D eigenvalue weighted by atomic mass is 10.2. The topological polar surface area (TPSA) is 139 Å². The Morgan fingerprint density at radius 2 is 1.94 bits per heavy atom. The lowest BCUT2D eigenvalue weighted by molar-refractivity contribution is -0.119. The van der Waals surface area contributed by atoms with Crippen molar-refractivity contribution in [2.24, 2.45) is 0 Å². The zero-order valence-electron chi connectivity index (χ0n) is 18.4. The van der Waals surface area contributed by atoms with Crippen LogP contribution in [-0.4, -0.2) is 70.3 Å². The molecule has 1 amide bonds. The van der Waals surface area contributed by atoms with Crippen LogP contribution in [0.3, 0.4) is 0 Å². The minimum Gasteiger partial charge on any atom is -0.495 e. The van der Waals surface area contributed by atoms with Crippen molar-refractivity contribution in [3.8, 4) is 5.75 Å². The molecule has 2 heterocycles. The highest BCUT2D eigenvalue weighted by Gasteiger charge is 2.42. The Morgan fingerprint density at radius 1 is 1.25 bits per heavy atom. The van der Waals surface area contributed by atoms with Crippen LogP contribution in [0.2, 0.25) is 0 Å². The molecule has 3 rings (SSSR count). The van der Waals surface area contributed by atoms with E-state index in [0.717, 1.165) is 8.61 Å². The van der Waals surface area contributed by atoms with Crippen molar-refractivity contribution in [3.63, 3.8) is 0 Å². The fourth-order valence-electron chi connectivity index (χ4n) is 3.63. The second-order valence-corrected chi connectivity index (χ2v) is 11.5. The fraction of sp³-hybridized carbons (Fsp3) is 0.474. The molecule has 0 spiro atoms.